The lowest BCUT2D eigenvalue weighted by molar-refractivity contribution is 0.323. The van der Waals surface area contributed by atoms with Crippen molar-refractivity contribution in [2.45, 2.75) is 57.7 Å². The van der Waals surface area contributed by atoms with Gasteiger partial charge in [0.25, 0.3) is 0 Å². The van der Waals surface area contributed by atoms with Crippen molar-refractivity contribution in [3.63, 3.8) is 0 Å². The van der Waals surface area contributed by atoms with Crippen LogP contribution < -0.4 is 10.0 Å². The Hall–Kier alpha value is -1.96. The molecule has 1 fully saturated rings. The first-order valence-corrected chi connectivity index (χ1v) is 13.4. The summed E-state index contributed by atoms with van der Waals surface area (Å²) in [6, 6.07) is 15.0. The zero-order valence-electron chi connectivity index (χ0n) is 18.4. The Labute approximate surface area is 189 Å². The Balaban J connectivity index is 1.29. The lowest BCUT2D eigenvalue weighted by Gasteiger charge is -2.29. The van der Waals surface area contributed by atoms with Gasteiger partial charge in [-0.1, -0.05) is 6.07 Å². The highest BCUT2D eigenvalue weighted by molar-refractivity contribution is 7.90. The molecular formula is C24H31N3O2S2. The zero-order valence-corrected chi connectivity index (χ0v) is 20.0. The third-order valence-corrected chi connectivity index (χ3v) is 9.04. The second-order valence-corrected chi connectivity index (χ2v) is 12.2. The van der Waals surface area contributed by atoms with E-state index in [1.165, 1.54) is 10.3 Å². The van der Waals surface area contributed by atoms with Crippen molar-refractivity contribution in [1.29, 1.82) is 0 Å². The third kappa shape index (κ3) is 5.45. The fourth-order valence-electron chi connectivity index (χ4n) is 4.00. The van der Waals surface area contributed by atoms with Crippen molar-refractivity contribution in [3.8, 4) is 10.6 Å². The maximum atomic E-state index is 12.1. The average molecular weight is 458 g/mol. The molecule has 0 radical (unpaired) electrons. The molecular weight excluding hydrogens is 426 g/mol. The molecule has 1 saturated carbocycles. The predicted molar refractivity (Wildman–Crippen MR) is 131 cm³/mol. The van der Waals surface area contributed by atoms with Crippen molar-refractivity contribution in [2.24, 2.45) is 5.92 Å². The monoisotopic (exact) mass is 457 g/mol. The van der Waals surface area contributed by atoms with Crippen LogP contribution in [0.2, 0.25) is 0 Å². The van der Waals surface area contributed by atoms with E-state index in [9.17, 15) is 8.42 Å². The Morgan fingerprint density at radius 2 is 1.77 bits per heavy atom. The molecule has 0 atom stereocenters. The van der Waals surface area contributed by atoms with Crippen LogP contribution in [0.5, 0.6) is 0 Å². The molecule has 2 N–H and O–H groups in total. The van der Waals surface area contributed by atoms with Crippen molar-refractivity contribution in [3.05, 3.63) is 48.0 Å². The van der Waals surface area contributed by atoms with Gasteiger partial charge in [0.05, 0.1) is 15.5 Å². The summed E-state index contributed by atoms with van der Waals surface area (Å²) in [6.07, 6.45) is 3.91. The summed E-state index contributed by atoms with van der Waals surface area (Å²) < 4.78 is 28.2. The lowest BCUT2D eigenvalue weighted by Crippen LogP contribution is -2.41. The number of sulfonamides is 1. The van der Waals surface area contributed by atoms with Crippen LogP contribution in [0.1, 0.15) is 45.1 Å². The SMILES string of the molecule is Cc1ccc2nc(-c3ccc(NC[C@H]4CC[C@H](NS(=O)(=O)C(C)C)CC4)cc3)sc2c1. The summed E-state index contributed by atoms with van der Waals surface area (Å²) in [5.41, 5.74) is 4.57. The quantitative estimate of drug-likeness (QED) is 0.486. The Morgan fingerprint density at radius 1 is 1.06 bits per heavy atom. The number of anilines is 1. The first kappa shape index (κ1) is 22.2. The number of hydrogen-bond acceptors (Lipinski definition) is 5. The highest BCUT2D eigenvalue weighted by Gasteiger charge is 2.26. The van der Waals surface area contributed by atoms with E-state index in [2.05, 4.69) is 59.4 Å². The number of nitrogens with zero attached hydrogens (tertiary/aromatic N) is 1. The fraction of sp³-hybridized carbons (Fsp3) is 0.458. The van der Waals surface area contributed by atoms with Crippen LogP contribution in [0.25, 0.3) is 20.8 Å². The molecule has 5 nitrogen and oxygen atoms in total. The predicted octanol–water partition coefficient (Wildman–Crippen LogP) is 5.57. The summed E-state index contributed by atoms with van der Waals surface area (Å²) in [5, 5.41) is 4.23. The van der Waals surface area contributed by atoms with Gasteiger partial charge in [-0.2, -0.15) is 0 Å². The Morgan fingerprint density at radius 3 is 2.45 bits per heavy atom. The van der Waals surface area contributed by atoms with Crippen LogP contribution in [-0.4, -0.2) is 31.2 Å². The van der Waals surface area contributed by atoms with Crippen LogP contribution in [0.4, 0.5) is 5.69 Å². The molecule has 0 unspecified atom stereocenters. The van der Waals surface area contributed by atoms with Gasteiger partial charge in [-0.15, -0.1) is 11.3 Å². The number of aromatic nitrogens is 1. The molecule has 1 heterocycles. The molecule has 1 aromatic heterocycles. The third-order valence-electron chi connectivity index (χ3n) is 6.07. The molecule has 3 aromatic rings. The van der Waals surface area contributed by atoms with E-state index in [1.54, 1.807) is 25.2 Å². The maximum absolute atomic E-state index is 12.1. The molecule has 31 heavy (non-hydrogen) atoms. The van der Waals surface area contributed by atoms with E-state index in [4.69, 9.17) is 4.98 Å². The summed E-state index contributed by atoms with van der Waals surface area (Å²) in [7, 11) is -3.18. The molecule has 1 aliphatic rings. The van der Waals surface area contributed by atoms with Gasteiger partial charge in [0.1, 0.15) is 5.01 Å². The molecule has 0 aliphatic heterocycles. The standard InChI is InChI=1S/C24H31N3O2S2/c1-16(2)31(28,29)27-21-9-5-18(6-10-21)15-25-20-11-7-19(8-12-20)24-26-22-13-4-17(3)14-23(22)30-24/h4,7-8,11-14,16,18,21,25,27H,5-6,9-10,15H2,1-3H3/t18-,21-. The second-order valence-electron chi connectivity index (χ2n) is 8.88. The molecule has 0 amide bonds. The van der Waals surface area contributed by atoms with Gasteiger partial charge in [-0.3, -0.25) is 0 Å². The van der Waals surface area contributed by atoms with Crippen LogP contribution in [0, 0.1) is 12.8 Å². The molecule has 0 spiro atoms. The van der Waals surface area contributed by atoms with Crippen molar-refractivity contribution < 1.29 is 8.42 Å². The van der Waals surface area contributed by atoms with Crippen LogP contribution in [0.3, 0.4) is 0 Å². The summed E-state index contributed by atoms with van der Waals surface area (Å²) in [4.78, 5) is 4.77. The van der Waals surface area contributed by atoms with Crippen molar-refractivity contribution in [2.75, 3.05) is 11.9 Å². The zero-order chi connectivity index (χ0) is 22.0. The first-order chi connectivity index (χ1) is 14.8. The number of nitrogens with one attached hydrogen (secondary N) is 2. The lowest BCUT2D eigenvalue weighted by atomic mass is 9.86. The number of hydrogen-bond donors (Lipinski definition) is 2. The topological polar surface area (TPSA) is 71.1 Å². The van der Waals surface area contributed by atoms with E-state index in [0.717, 1.165) is 54.0 Å². The Bertz CT molecular complexity index is 1130. The average Bonchev–Trinajstić information content (AvgIpc) is 3.16. The van der Waals surface area contributed by atoms with Gasteiger partial charge >= 0.3 is 0 Å². The van der Waals surface area contributed by atoms with Crippen molar-refractivity contribution in [1.82, 2.24) is 9.71 Å². The van der Waals surface area contributed by atoms with E-state index < -0.39 is 10.0 Å². The maximum Gasteiger partial charge on any atom is 0.214 e. The molecule has 2 aromatic carbocycles. The summed E-state index contributed by atoms with van der Waals surface area (Å²) in [6.45, 7) is 6.47. The molecule has 166 valence electrons. The molecule has 0 bridgehead atoms. The van der Waals surface area contributed by atoms with Crippen LogP contribution in [-0.2, 0) is 10.0 Å². The summed E-state index contributed by atoms with van der Waals surface area (Å²) in [5.74, 6) is 0.576. The number of fused-ring (bicyclic) bond motifs is 1. The van der Waals surface area contributed by atoms with Gasteiger partial charge in [-0.05, 0) is 94.3 Å². The van der Waals surface area contributed by atoms with Gasteiger partial charge < -0.3 is 5.32 Å². The highest BCUT2D eigenvalue weighted by atomic mass is 32.2. The largest absolute Gasteiger partial charge is 0.385 e. The number of rotatable bonds is 7. The number of thiazole rings is 1. The fourth-order valence-corrected chi connectivity index (χ4v) is 6.04. The molecule has 1 aliphatic carbocycles. The highest BCUT2D eigenvalue weighted by Crippen LogP contribution is 2.31. The molecule has 4 rings (SSSR count). The second kappa shape index (κ2) is 9.27. The van der Waals surface area contributed by atoms with E-state index in [-0.39, 0.29) is 11.3 Å². The minimum Gasteiger partial charge on any atom is -0.385 e. The van der Waals surface area contributed by atoms with E-state index >= 15 is 0 Å². The smallest absolute Gasteiger partial charge is 0.214 e. The first-order valence-electron chi connectivity index (χ1n) is 11.0. The molecule has 7 heteroatoms. The van der Waals surface area contributed by atoms with Gasteiger partial charge in [0.15, 0.2) is 0 Å². The molecule has 0 saturated heterocycles. The van der Waals surface area contributed by atoms with Crippen molar-refractivity contribution >= 4 is 37.3 Å². The summed E-state index contributed by atoms with van der Waals surface area (Å²) >= 11 is 1.73. The number of benzene rings is 2. The van der Waals surface area contributed by atoms with Gasteiger partial charge in [0, 0.05) is 23.8 Å². The van der Waals surface area contributed by atoms with Crippen LogP contribution >= 0.6 is 11.3 Å². The van der Waals surface area contributed by atoms with Crippen LogP contribution in [0.15, 0.2) is 42.5 Å². The minimum atomic E-state index is -3.18. The minimum absolute atomic E-state index is 0.0838. The Kier molecular flexibility index (Phi) is 6.65. The number of aryl methyl sites for hydroxylation is 1. The van der Waals surface area contributed by atoms with Gasteiger partial charge in [-0.25, -0.2) is 18.1 Å². The van der Waals surface area contributed by atoms with Gasteiger partial charge in [0.2, 0.25) is 10.0 Å². The van der Waals surface area contributed by atoms with E-state index in [1.807, 2.05) is 0 Å². The van der Waals surface area contributed by atoms with E-state index in [0.29, 0.717) is 5.92 Å². The normalized spacial score (nSPS) is 19.7.